The molecule has 0 bridgehead atoms. The van der Waals surface area contributed by atoms with Gasteiger partial charge >= 0.3 is 0 Å². The van der Waals surface area contributed by atoms with Crippen molar-refractivity contribution in [3.05, 3.63) is 16.3 Å². The van der Waals surface area contributed by atoms with E-state index < -0.39 is 10.0 Å². The Morgan fingerprint density at radius 2 is 2.22 bits per heavy atom. The average Bonchev–Trinajstić information content (AvgIpc) is 2.81. The van der Waals surface area contributed by atoms with E-state index in [0.29, 0.717) is 16.7 Å². The number of hydrogen-bond donors (Lipinski definition) is 1. The molecule has 18 heavy (non-hydrogen) atoms. The Hall–Kier alpha value is -0.0800. The van der Waals surface area contributed by atoms with Crippen LogP contribution in [0.4, 0.5) is 0 Å². The molecule has 0 amide bonds. The minimum atomic E-state index is -3.47. The van der Waals surface area contributed by atoms with E-state index in [9.17, 15) is 13.5 Å². The van der Waals surface area contributed by atoms with Gasteiger partial charge in [-0.1, -0.05) is 6.92 Å². The molecule has 7 heteroatoms. The molecule has 1 aliphatic heterocycles. The molecule has 4 nitrogen and oxygen atoms in total. The van der Waals surface area contributed by atoms with E-state index in [1.807, 2.05) is 6.92 Å². The summed E-state index contributed by atoms with van der Waals surface area (Å²) in [6.07, 6.45) is 0. The first-order chi connectivity index (χ1) is 8.48. The number of aliphatic hydroxyl groups is 1. The Morgan fingerprint density at radius 1 is 1.50 bits per heavy atom. The summed E-state index contributed by atoms with van der Waals surface area (Å²) in [6.45, 7) is 4.31. The van der Waals surface area contributed by atoms with Crippen LogP contribution in [0, 0.1) is 0 Å². The SMILES string of the molecule is CC1SCCN(S(=O)(=O)c2ccsc2CO)C1C. The molecule has 1 fully saturated rings. The zero-order chi connectivity index (χ0) is 13.3. The summed E-state index contributed by atoms with van der Waals surface area (Å²) >= 11 is 3.08. The predicted molar refractivity (Wildman–Crippen MR) is 75.5 cm³/mol. The van der Waals surface area contributed by atoms with Crippen molar-refractivity contribution in [2.24, 2.45) is 0 Å². The first kappa shape index (κ1) is 14.3. The van der Waals surface area contributed by atoms with Crippen molar-refractivity contribution in [1.82, 2.24) is 4.31 Å². The number of nitrogens with zero attached hydrogens (tertiary/aromatic N) is 1. The van der Waals surface area contributed by atoms with Gasteiger partial charge in [-0.05, 0) is 18.4 Å². The molecule has 2 heterocycles. The van der Waals surface area contributed by atoms with Gasteiger partial charge in [0.05, 0.1) is 11.5 Å². The molecule has 0 saturated carbocycles. The first-order valence-corrected chi connectivity index (χ1v) is 9.16. The number of hydrogen-bond acceptors (Lipinski definition) is 5. The fraction of sp³-hybridized carbons (Fsp3) is 0.636. The van der Waals surface area contributed by atoms with E-state index in [2.05, 4.69) is 6.92 Å². The molecule has 0 radical (unpaired) electrons. The molecule has 0 spiro atoms. The minimum absolute atomic E-state index is 0.0137. The highest BCUT2D eigenvalue weighted by molar-refractivity contribution is 8.00. The van der Waals surface area contributed by atoms with Crippen LogP contribution < -0.4 is 0 Å². The number of aliphatic hydroxyl groups excluding tert-OH is 1. The molecule has 1 aromatic rings. The summed E-state index contributed by atoms with van der Waals surface area (Å²) in [5.41, 5.74) is 0. The van der Waals surface area contributed by atoms with Crippen LogP contribution in [0.15, 0.2) is 16.3 Å². The second kappa shape index (κ2) is 5.50. The number of rotatable bonds is 3. The van der Waals surface area contributed by atoms with Gasteiger partial charge in [0.1, 0.15) is 0 Å². The van der Waals surface area contributed by atoms with Crippen LogP contribution in [-0.4, -0.2) is 41.4 Å². The summed E-state index contributed by atoms with van der Waals surface area (Å²) < 4.78 is 26.8. The van der Waals surface area contributed by atoms with Crippen LogP contribution in [0.1, 0.15) is 18.7 Å². The molecule has 0 aromatic carbocycles. The van der Waals surface area contributed by atoms with Crippen molar-refractivity contribution in [2.45, 2.75) is 36.6 Å². The summed E-state index contributed by atoms with van der Waals surface area (Å²) in [5, 5.41) is 11.2. The van der Waals surface area contributed by atoms with Crippen LogP contribution in [0.25, 0.3) is 0 Å². The van der Waals surface area contributed by atoms with Crippen molar-refractivity contribution in [3.8, 4) is 0 Å². The van der Waals surface area contributed by atoms with Crippen LogP contribution in [0.5, 0.6) is 0 Å². The molecule has 1 aromatic heterocycles. The fourth-order valence-electron chi connectivity index (χ4n) is 2.05. The third kappa shape index (κ3) is 2.46. The van der Waals surface area contributed by atoms with Gasteiger partial charge in [-0.15, -0.1) is 11.3 Å². The lowest BCUT2D eigenvalue weighted by Crippen LogP contribution is -2.47. The normalized spacial score (nSPS) is 26.4. The minimum Gasteiger partial charge on any atom is -0.391 e. The van der Waals surface area contributed by atoms with E-state index in [0.717, 1.165) is 5.75 Å². The van der Waals surface area contributed by atoms with Crippen LogP contribution in [-0.2, 0) is 16.6 Å². The molecule has 2 atom stereocenters. The maximum Gasteiger partial charge on any atom is 0.244 e. The first-order valence-electron chi connectivity index (χ1n) is 5.79. The summed E-state index contributed by atoms with van der Waals surface area (Å²) in [5.74, 6) is 0.823. The fourth-order valence-corrected chi connectivity index (χ4v) is 6.31. The van der Waals surface area contributed by atoms with Crippen molar-refractivity contribution in [2.75, 3.05) is 12.3 Å². The van der Waals surface area contributed by atoms with Crippen molar-refractivity contribution < 1.29 is 13.5 Å². The van der Waals surface area contributed by atoms with E-state index in [1.165, 1.54) is 11.3 Å². The van der Waals surface area contributed by atoms with Gasteiger partial charge in [0.25, 0.3) is 0 Å². The van der Waals surface area contributed by atoms with Crippen molar-refractivity contribution >= 4 is 33.1 Å². The van der Waals surface area contributed by atoms with E-state index >= 15 is 0 Å². The molecule has 2 unspecified atom stereocenters. The predicted octanol–water partition coefficient (Wildman–Crippen LogP) is 1.75. The van der Waals surface area contributed by atoms with Gasteiger partial charge in [-0.3, -0.25) is 0 Å². The zero-order valence-electron chi connectivity index (χ0n) is 10.4. The lowest BCUT2D eigenvalue weighted by atomic mass is 10.2. The summed E-state index contributed by atoms with van der Waals surface area (Å²) in [7, 11) is -3.47. The Morgan fingerprint density at radius 3 is 2.89 bits per heavy atom. The third-order valence-electron chi connectivity index (χ3n) is 3.26. The number of thiophene rings is 1. The number of sulfonamides is 1. The monoisotopic (exact) mass is 307 g/mol. The van der Waals surface area contributed by atoms with Crippen LogP contribution in [0.3, 0.4) is 0 Å². The Balaban J connectivity index is 2.36. The second-order valence-corrected chi connectivity index (χ2v) is 8.64. The lowest BCUT2D eigenvalue weighted by Gasteiger charge is -2.36. The molecule has 1 N–H and O–H groups in total. The quantitative estimate of drug-likeness (QED) is 0.924. The van der Waals surface area contributed by atoms with Gasteiger partial charge in [0.15, 0.2) is 0 Å². The van der Waals surface area contributed by atoms with Crippen molar-refractivity contribution in [3.63, 3.8) is 0 Å². The Bertz CT molecular complexity index is 511. The van der Waals surface area contributed by atoms with Gasteiger partial charge < -0.3 is 5.11 Å². The second-order valence-electron chi connectivity index (χ2n) is 4.30. The van der Waals surface area contributed by atoms with Gasteiger partial charge in [0.2, 0.25) is 10.0 Å². The molecular weight excluding hydrogens is 290 g/mol. The summed E-state index contributed by atoms with van der Waals surface area (Å²) in [6, 6.07) is 1.57. The highest BCUT2D eigenvalue weighted by Gasteiger charge is 2.36. The maximum atomic E-state index is 12.6. The summed E-state index contributed by atoms with van der Waals surface area (Å²) in [4.78, 5) is 0.786. The van der Waals surface area contributed by atoms with E-state index in [-0.39, 0.29) is 17.5 Å². The third-order valence-corrected chi connectivity index (χ3v) is 7.70. The number of thioether (sulfide) groups is 1. The lowest BCUT2D eigenvalue weighted by molar-refractivity contribution is 0.281. The molecule has 1 saturated heterocycles. The molecular formula is C11H17NO3S3. The molecule has 0 aliphatic carbocycles. The maximum absolute atomic E-state index is 12.6. The largest absolute Gasteiger partial charge is 0.391 e. The zero-order valence-corrected chi connectivity index (χ0v) is 12.8. The Labute approximate surface area is 116 Å². The smallest absolute Gasteiger partial charge is 0.244 e. The Kier molecular flexibility index (Phi) is 4.38. The topological polar surface area (TPSA) is 57.6 Å². The van der Waals surface area contributed by atoms with Gasteiger partial charge in [-0.25, -0.2) is 8.42 Å². The highest BCUT2D eigenvalue weighted by Crippen LogP contribution is 2.32. The molecule has 2 rings (SSSR count). The standard InChI is InChI=1S/C11H17NO3S3/c1-8-9(2)16-6-4-12(8)18(14,15)11-3-5-17-10(11)7-13/h3,5,8-9,13H,4,6-7H2,1-2H3. The van der Waals surface area contributed by atoms with E-state index in [1.54, 1.807) is 27.5 Å². The van der Waals surface area contributed by atoms with Crippen LogP contribution >= 0.6 is 23.1 Å². The van der Waals surface area contributed by atoms with Gasteiger partial charge in [-0.2, -0.15) is 16.1 Å². The van der Waals surface area contributed by atoms with Crippen LogP contribution in [0.2, 0.25) is 0 Å². The molecule has 1 aliphatic rings. The average molecular weight is 307 g/mol. The van der Waals surface area contributed by atoms with Gasteiger partial charge in [0, 0.05) is 28.5 Å². The van der Waals surface area contributed by atoms with E-state index in [4.69, 9.17) is 0 Å². The highest BCUT2D eigenvalue weighted by atomic mass is 32.2. The molecule has 102 valence electrons. The van der Waals surface area contributed by atoms with Crippen molar-refractivity contribution in [1.29, 1.82) is 0 Å².